The summed E-state index contributed by atoms with van der Waals surface area (Å²) in [6, 6.07) is 16.6. The number of nitrogens with zero attached hydrogens (tertiary/aromatic N) is 3. The Morgan fingerprint density at radius 2 is 2.11 bits per heavy atom. The molecule has 2 aromatic heterocycles. The van der Waals surface area contributed by atoms with Gasteiger partial charge >= 0.3 is 0 Å². The largest absolute Gasteiger partial charge is 0.383 e. The van der Waals surface area contributed by atoms with Crippen molar-refractivity contribution in [2.75, 3.05) is 43.6 Å². The lowest BCUT2D eigenvalue weighted by molar-refractivity contribution is -0.121. The molecule has 1 aliphatic rings. The van der Waals surface area contributed by atoms with Crippen molar-refractivity contribution in [3.05, 3.63) is 64.9 Å². The van der Waals surface area contributed by atoms with Gasteiger partial charge in [-0.2, -0.15) is 16.4 Å². The molecule has 0 saturated carbocycles. The molecular formula is C29H35N5O2S. The monoisotopic (exact) mass is 517 g/mol. The number of aromatic amines is 1. The van der Waals surface area contributed by atoms with Gasteiger partial charge in [-0.1, -0.05) is 12.1 Å². The molecule has 8 heteroatoms. The summed E-state index contributed by atoms with van der Waals surface area (Å²) in [5, 5.41) is 16.1. The van der Waals surface area contributed by atoms with Gasteiger partial charge in [-0.25, -0.2) is 0 Å². The second-order valence-electron chi connectivity index (χ2n) is 9.63. The number of likely N-dealkylation sites (N-methyl/N-ethyl adjacent to an activating group) is 1. The van der Waals surface area contributed by atoms with E-state index in [2.05, 4.69) is 74.9 Å². The summed E-state index contributed by atoms with van der Waals surface area (Å²) < 4.78 is 5.25. The fraction of sp³-hybridized carbons (Fsp3) is 0.379. The zero-order valence-electron chi connectivity index (χ0n) is 21.7. The number of fused-ring (bicyclic) bond motifs is 1. The molecular weight excluding hydrogens is 482 g/mol. The number of anilines is 2. The summed E-state index contributed by atoms with van der Waals surface area (Å²) in [5.74, 6) is 0.0108. The number of carbonyl (C=O) groups excluding carboxylic acids is 1. The van der Waals surface area contributed by atoms with Crippen LogP contribution in [0.1, 0.15) is 38.3 Å². The molecule has 0 radical (unpaired) electrons. The van der Waals surface area contributed by atoms with Gasteiger partial charge in [0, 0.05) is 48.6 Å². The maximum absolute atomic E-state index is 13.6. The van der Waals surface area contributed by atoms with Crippen molar-refractivity contribution in [1.29, 1.82) is 0 Å². The fourth-order valence-electron chi connectivity index (χ4n) is 5.29. The molecule has 0 bridgehead atoms. The van der Waals surface area contributed by atoms with E-state index in [9.17, 15) is 4.79 Å². The van der Waals surface area contributed by atoms with Crippen molar-refractivity contribution >= 4 is 39.5 Å². The van der Waals surface area contributed by atoms with Crippen LogP contribution in [0, 0.1) is 0 Å². The van der Waals surface area contributed by atoms with E-state index < -0.39 is 0 Å². The predicted molar refractivity (Wildman–Crippen MR) is 152 cm³/mol. The number of thiophene rings is 1. The minimum absolute atomic E-state index is 0.0108. The Balaban J connectivity index is 1.39. The third-order valence-corrected chi connectivity index (χ3v) is 8.03. The molecule has 7 nitrogen and oxygen atoms in total. The Morgan fingerprint density at radius 3 is 2.78 bits per heavy atom. The first-order chi connectivity index (χ1) is 18.1. The summed E-state index contributed by atoms with van der Waals surface area (Å²) >= 11 is 1.63. The van der Waals surface area contributed by atoms with Crippen LogP contribution in [-0.2, 0) is 9.53 Å². The van der Waals surface area contributed by atoms with Gasteiger partial charge in [0.15, 0.2) is 0 Å². The molecule has 2 atom stereocenters. The molecule has 0 unspecified atom stereocenters. The SMILES string of the molecule is CCN(CCOC)c1ccc(-c2n[nH]c3ccc(NC(=O)[C@H](c4ccsc4)N4CCC[C@@H]4C)cc23)cc1. The molecule has 2 N–H and O–H groups in total. The van der Waals surface area contributed by atoms with E-state index in [0.717, 1.165) is 71.6 Å². The van der Waals surface area contributed by atoms with Gasteiger partial charge in [-0.3, -0.25) is 14.8 Å². The smallest absolute Gasteiger partial charge is 0.246 e. The number of ether oxygens (including phenoxy) is 1. The van der Waals surface area contributed by atoms with E-state index >= 15 is 0 Å². The summed E-state index contributed by atoms with van der Waals surface area (Å²) in [5.41, 5.74) is 5.85. The highest BCUT2D eigenvalue weighted by atomic mass is 32.1. The Bertz CT molecular complexity index is 1320. The Morgan fingerprint density at radius 1 is 1.27 bits per heavy atom. The normalized spacial score (nSPS) is 16.8. The summed E-state index contributed by atoms with van der Waals surface area (Å²) in [6.45, 7) is 7.76. The molecule has 1 saturated heterocycles. The molecule has 5 rings (SSSR count). The third-order valence-electron chi connectivity index (χ3n) is 7.33. The molecule has 3 heterocycles. The second kappa shape index (κ2) is 11.5. The van der Waals surface area contributed by atoms with Crippen molar-refractivity contribution < 1.29 is 9.53 Å². The Hall–Kier alpha value is -3.20. The highest BCUT2D eigenvalue weighted by Gasteiger charge is 2.34. The topological polar surface area (TPSA) is 73.5 Å². The van der Waals surface area contributed by atoms with E-state index in [1.54, 1.807) is 18.4 Å². The van der Waals surface area contributed by atoms with E-state index in [1.807, 2.05) is 23.6 Å². The molecule has 0 aliphatic carbocycles. The van der Waals surface area contributed by atoms with Crippen LogP contribution in [0.4, 0.5) is 11.4 Å². The lowest BCUT2D eigenvalue weighted by Gasteiger charge is -2.30. The number of amides is 1. The highest BCUT2D eigenvalue weighted by molar-refractivity contribution is 7.08. The first kappa shape index (κ1) is 25.4. The molecule has 37 heavy (non-hydrogen) atoms. The minimum atomic E-state index is -0.282. The highest BCUT2D eigenvalue weighted by Crippen LogP contribution is 2.33. The lowest BCUT2D eigenvalue weighted by atomic mass is 10.1. The van der Waals surface area contributed by atoms with Crippen LogP contribution in [0.2, 0.25) is 0 Å². The van der Waals surface area contributed by atoms with Crippen LogP contribution in [0.3, 0.4) is 0 Å². The zero-order valence-corrected chi connectivity index (χ0v) is 22.6. The second-order valence-corrected chi connectivity index (χ2v) is 10.4. The molecule has 1 fully saturated rings. The van der Waals surface area contributed by atoms with Crippen LogP contribution in [-0.4, -0.2) is 60.4 Å². The molecule has 0 spiro atoms. The fourth-order valence-corrected chi connectivity index (χ4v) is 5.97. The van der Waals surface area contributed by atoms with Gasteiger partial charge in [-0.05, 0) is 86.0 Å². The maximum atomic E-state index is 13.6. The number of hydrogen-bond acceptors (Lipinski definition) is 6. The number of likely N-dealkylation sites (tertiary alicyclic amines) is 1. The van der Waals surface area contributed by atoms with Crippen molar-refractivity contribution in [3.8, 4) is 11.3 Å². The lowest BCUT2D eigenvalue weighted by Crippen LogP contribution is -2.39. The molecule has 2 aromatic carbocycles. The number of benzene rings is 2. The molecule has 194 valence electrons. The number of carbonyl (C=O) groups is 1. The number of nitrogens with one attached hydrogen (secondary N) is 2. The number of aromatic nitrogens is 2. The van der Waals surface area contributed by atoms with Gasteiger partial charge in [0.05, 0.1) is 17.8 Å². The van der Waals surface area contributed by atoms with E-state index in [0.29, 0.717) is 12.6 Å². The van der Waals surface area contributed by atoms with Crippen molar-refractivity contribution in [2.24, 2.45) is 0 Å². The van der Waals surface area contributed by atoms with Crippen molar-refractivity contribution in [2.45, 2.75) is 38.8 Å². The van der Waals surface area contributed by atoms with E-state index in [-0.39, 0.29) is 11.9 Å². The average Bonchev–Trinajstić information content (AvgIpc) is 3.67. The minimum Gasteiger partial charge on any atom is -0.383 e. The summed E-state index contributed by atoms with van der Waals surface area (Å²) in [4.78, 5) is 18.2. The predicted octanol–water partition coefficient (Wildman–Crippen LogP) is 5.93. The molecule has 4 aromatic rings. The molecule has 1 amide bonds. The zero-order chi connectivity index (χ0) is 25.8. The number of rotatable bonds is 10. The third kappa shape index (κ3) is 5.42. The maximum Gasteiger partial charge on any atom is 0.246 e. The van der Waals surface area contributed by atoms with Gasteiger partial charge in [0.1, 0.15) is 6.04 Å². The van der Waals surface area contributed by atoms with Crippen LogP contribution in [0.25, 0.3) is 22.2 Å². The number of H-pyrrole nitrogens is 1. The van der Waals surface area contributed by atoms with E-state index in [1.165, 1.54) is 0 Å². The van der Waals surface area contributed by atoms with Crippen LogP contribution < -0.4 is 10.2 Å². The van der Waals surface area contributed by atoms with Crippen LogP contribution in [0.15, 0.2) is 59.3 Å². The van der Waals surface area contributed by atoms with Crippen LogP contribution >= 0.6 is 11.3 Å². The van der Waals surface area contributed by atoms with Crippen molar-refractivity contribution in [3.63, 3.8) is 0 Å². The summed E-state index contributed by atoms with van der Waals surface area (Å²) in [6.07, 6.45) is 2.25. The first-order valence-corrected chi connectivity index (χ1v) is 13.9. The van der Waals surface area contributed by atoms with Gasteiger partial charge in [0.2, 0.25) is 5.91 Å². The average molecular weight is 518 g/mol. The number of methoxy groups -OCH3 is 1. The quantitative estimate of drug-likeness (QED) is 0.273. The number of hydrogen-bond donors (Lipinski definition) is 2. The van der Waals surface area contributed by atoms with Gasteiger partial charge in [-0.15, -0.1) is 0 Å². The van der Waals surface area contributed by atoms with Gasteiger partial charge in [0.25, 0.3) is 0 Å². The first-order valence-electron chi connectivity index (χ1n) is 13.0. The van der Waals surface area contributed by atoms with Crippen LogP contribution in [0.5, 0.6) is 0 Å². The van der Waals surface area contributed by atoms with Crippen molar-refractivity contribution in [1.82, 2.24) is 15.1 Å². The molecule has 1 aliphatic heterocycles. The standard InChI is InChI=1S/C29H35N5O2S/c1-4-33(15-16-36-3)24-10-7-21(8-11-24)27-25-18-23(9-12-26(25)31-32-27)30-29(35)28(22-13-17-37-19-22)34-14-5-6-20(34)2/h7-13,17-20,28H,4-6,14-16H2,1-3H3,(H,30,35)(H,31,32)/t20-,28-/m0/s1. The summed E-state index contributed by atoms with van der Waals surface area (Å²) in [7, 11) is 1.73. The van der Waals surface area contributed by atoms with Gasteiger partial charge < -0.3 is 15.0 Å². The Labute approximate surface area is 222 Å². The Kier molecular flexibility index (Phi) is 7.88. The van der Waals surface area contributed by atoms with E-state index in [4.69, 9.17) is 4.74 Å².